The second-order valence-corrected chi connectivity index (χ2v) is 29.1. The van der Waals surface area contributed by atoms with Gasteiger partial charge in [-0.1, -0.05) is 231 Å². The standard InChI is InChI=1S/C74H135O24P/c1-4-7-10-13-16-19-22-25-28-31-34-37-40-43-46-49-59(77)91-54-57-62(80)64(82)69(87)74(95-57)97-71-67(85)65(83)66(84)70(96-73-68(86)63(81)61(79)56(51-75)94-73)72(71)98-99(88,89)92-53-55(52-90-58(76)48-45-42-39-36-33-30-27-24-21-18-15-12-9-6-3)93-60(78)50-47-44-41-38-35-32-29-26-23-20-17-14-11-8-5-2/h19,22,30,33,55-57,61-75,79-87H,4-18,20-21,23-29,31-32,34-54H2,1-3H3,(H,88,89)/b22-19-,33-30-. The molecule has 2 heterocycles. The molecule has 0 aromatic rings. The predicted octanol–water partition coefficient (Wildman–Crippen LogP) is 10.9. The van der Waals surface area contributed by atoms with Crippen molar-refractivity contribution in [3.63, 3.8) is 0 Å². The molecule has 0 spiro atoms. The maximum Gasteiger partial charge on any atom is 0.472 e. The molecule has 3 rings (SSSR count). The molecule has 1 saturated carbocycles. The molecular weight excluding hydrogens is 1300 g/mol. The Morgan fingerprint density at radius 1 is 0.384 bits per heavy atom. The van der Waals surface area contributed by atoms with Gasteiger partial charge in [-0.15, -0.1) is 0 Å². The molecule has 18 unspecified atom stereocenters. The second kappa shape index (κ2) is 55.9. The van der Waals surface area contributed by atoms with Crippen molar-refractivity contribution in [1.29, 1.82) is 0 Å². The highest BCUT2D eigenvalue weighted by Gasteiger charge is 2.58. The highest BCUT2D eigenvalue weighted by Crippen LogP contribution is 2.49. The van der Waals surface area contributed by atoms with Crippen molar-refractivity contribution in [2.24, 2.45) is 0 Å². The van der Waals surface area contributed by atoms with Crippen molar-refractivity contribution >= 4 is 25.7 Å². The molecule has 2 aliphatic heterocycles. The van der Waals surface area contributed by atoms with Crippen LogP contribution in [0, 0.1) is 0 Å². The highest BCUT2D eigenvalue weighted by molar-refractivity contribution is 7.47. The van der Waals surface area contributed by atoms with Gasteiger partial charge < -0.3 is 89.1 Å². The Balaban J connectivity index is 1.73. The molecule has 3 fully saturated rings. The third-order valence-electron chi connectivity index (χ3n) is 19.0. The van der Waals surface area contributed by atoms with Crippen LogP contribution in [0.1, 0.15) is 297 Å². The maximum absolute atomic E-state index is 14.3. The summed E-state index contributed by atoms with van der Waals surface area (Å²) in [4.78, 5) is 51.0. The zero-order valence-corrected chi connectivity index (χ0v) is 61.4. The lowest BCUT2D eigenvalue weighted by Crippen LogP contribution is -2.69. The van der Waals surface area contributed by atoms with Crippen LogP contribution in [-0.4, -0.2) is 204 Å². The number of phosphoric acid groups is 1. The quantitative estimate of drug-likeness (QED) is 0.00886. The number of aliphatic hydroxyl groups is 10. The number of unbranched alkanes of at least 4 members (excludes halogenated alkanes) is 35. The molecule has 580 valence electrons. The van der Waals surface area contributed by atoms with Gasteiger partial charge in [0.15, 0.2) is 18.7 Å². The fourth-order valence-corrected chi connectivity index (χ4v) is 13.6. The summed E-state index contributed by atoms with van der Waals surface area (Å²) in [5.74, 6) is -2.01. The molecule has 18 atom stereocenters. The number of phosphoric ester groups is 1. The first-order chi connectivity index (χ1) is 47.8. The van der Waals surface area contributed by atoms with Gasteiger partial charge in [-0.25, -0.2) is 4.57 Å². The summed E-state index contributed by atoms with van der Waals surface area (Å²) in [7, 11) is -5.70. The largest absolute Gasteiger partial charge is 0.472 e. The van der Waals surface area contributed by atoms with Gasteiger partial charge in [-0.05, 0) is 70.6 Å². The van der Waals surface area contributed by atoms with Crippen LogP contribution in [0.3, 0.4) is 0 Å². The van der Waals surface area contributed by atoms with Crippen molar-refractivity contribution in [2.75, 3.05) is 26.4 Å². The van der Waals surface area contributed by atoms with Gasteiger partial charge in [0.2, 0.25) is 0 Å². The zero-order valence-electron chi connectivity index (χ0n) is 60.5. The average Bonchev–Trinajstić information content (AvgIpc) is 0.763. The van der Waals surface area contributed by atoms with E-state index in [1.807, 2.05) is 0 Å². The van der Waals surface area contributed by atoms with E-state index in [9.17, 15) is 74.9 Å². The molecule has 25 heteroatoms. The fourth-order valence-electron chi connectivity index (χ4n) is 12.6. The van der Waals surface area contributed by atoms with Crippen molar-refractivity contribution in [3.05, 3.63) is 24.3 Å². The molecule has 24 nitrogen and oxygen atoms in total. The molecule has 0 bridgehead atoms. The van der Waals surface area contributed by atoms with E-state index in [2.05, 4.69) is 45.1 Å². The van der Waals surface area contributed by atoms with E-state index in [-0.39, 0.29) is 19.3 Å². The van der Waals surface area contributed by atoms with Crippen LogP contribution in [0.2, 0.25) is 0 Å². The SMILES string of the molecule is CCCCCC/C=C\CCCCCCCCCC(=O)OCC1OC(OC2C(O)C(O)C(O)C(OC3OC(CO)C(O)C(O)C3O)C2OP(=O)(O)OCC(COC(=O)CCCCC/C=C\CCCCCCCCC)OC(=O)CCCCCCCCCCCCCCCCC)C(O)C(O)C1O. The first kappa shape index (κ1) is 90.7. The van der Waals surface area contributed by atoms with Crippen LogP contribution in [0.15, 0.2) is 24.3 Å². The Hall–Kier alpha value is -2.56. The monoisotopic (exact) mass is 1440 g/mol. The van der Waals surface area contributed by atoms with Crippen LogP contribution in [0.25, 0.3) is 0 Å². The molecule has 1 aliphatic carbocycles. The number of carbonyl (C=O) groups is 3. The highest BCUT2D eigenvalue weighted by atomic mass is 31.2. The van der Waals surface area contributed by atoms with Gasteiger partial charge in [-0.2, -0.15) is 0 Å². The first-order valence-electron chi connectivity index (χ1n) is 38.6. The van der Waals surface area contributed by atoms with E-state index in [0.717, 1.165) is 116 Å². The fraction of sp³-hybridized carbons (Fsp3) is 0.905. The number of aliphatic hydroxyl groups excluding tert-OH is 10. The smallest absolute Gasteiger partial charge is 0.463 e. The first-order valence-corrected chi connectivity index (χ1v) is 40.1. The molecule has 99 heavy (non-hydrogen) atoms. The summed E-state index contributed by atoms with van der Waals surface area (Å²) in [5, 5.41) is 110. The van der Waals surface area contributed by atoms with Gasteiger partial charge in [-0.3, -0.25) is 23.4 Å². The normalized spacial score (nSPS) is 27.6. The zero-order chi connectivity index (χ0) is 72.5. The van der Waals surface area contributed by atoms with E-state index < -0.39 is 156 Å². The number of esters is 3. The van der Waals surface area contributed by atoms with Crippen LogP contribution in [0.5, 0.6) is 0 Å². The van der Waals surface area contributed by atoms with E-state index >= 15 is 0 Å². The minimum absolute atomic E-state index is 0.0232. The third kappa shape index (κ3) is 38.9. The summed E-state index contributed by atoms with van der Waals surface area (Å²) in [6.07, 6.45) is 16.6. The molecule has 0 radical (unpaired) electrons. The van der Waals surface area contributed by atoms with Gasteiger partial charge in [0.05, 0.1) is 13.2 Å². The summed E-state index contributed by atoms with van der Waals surface area (Å²) in [6.45, 7) is 3.43. The lowest BCUT2D eigenvalue weighted by molar-refractivity contribution is -0.360. The van der Waals surface area contributed by atoms with E-state index in [4.69, 9.17) is 42.2 Å². The predicted molar refractivity (Wildman–Crippen MR) is 374 cm³/mol. The lowest BCUT2D eigenvalue weighted by Gasteiger charge is -2.49. The van der Waals surface area contributed by atoms with Gasteiger partial charge in [0, 0.05) is 19.3 Å². The van der Waals surface area contributed by atoms with Gasteiger partial charge in [0.1, 0.15) is 98.7 Å². The third-order valence-corrected chi connectivity index (χ3v) is 19.9. The van der Waals surface area contributed by atoms with E-state index in [0.29, 0.717) is 19.3 Å². The Labute approximate surface area is 592 Å². The molecule has 0 aromatic heterocycles. The van der Waals surface area contributed by atoms with E-state index in [1.165, 1.54) is 122 Å². The van der Waals surface area contributed by atoms with Crippen LogP contribution < -0.4 is 0 Å². The van der Waals surface area contributed by atoms with Crippen LogP contribution in [0.4, 0.5) is 0 Å². The van der Waals surface area contributed by atoms with Crippen LogP contribution >= 0.6 is 7.82 Å². The Morgan fingerprint density at radius 3 is 1.11 bits per heavy atom. The molecule has 0 amide bonds. The van der Waals surface area contributed by atoms with Crippen LogP contribution in [-0.2, 0) is 61.2 Å². The summed E-state index contributed by atoms with van der Waals surface area (Å²) in [6, 6.07) is 0. The summed E-state index contributed by atoms with van der Waals surface area (Å²) >= 11 is 0. The number of hydrogen-bond acceptors (Lipinski definition) is 23. The Kier molecular flexibility index (Phi) is 51.2. The number of ether oxygens (including phenoxy) is 7. The van der Waals surface area contributed by atoms with Crippen molar-refractivity contribution in [2.45, 2.75) is 401 Å². The Bertz CT molecular complexity index is 2140. The minimum Gasteiger partial charge on any atom is -0.463 e. The topological polar surface area (TPSA) is 374 Å². The van der Waals surface area contributed by atoms with Gasteiger partial charge >= 0.3 is 25.7 Å². The number of allylic oxidation sites excluding steroid dienone is 4. The number of hydrogen-bond donors (Lipinski definition) is 11. The lowest BCUT2D eigenvalue weighted by atomic mass is 9.84. The molecule has 2 saturated heterocycles. The molecule has 11 N–H and O–H groups in total. The molecule has 3 aliphatic rings. The Morgan fingerprint density at radius 2 is 0.707 bits per heavy atom. The molecular formula is C74H135O24P. The minimum atomic E-state index is -5.70. The maximum atomic E-state index is 14.3. The average molecular weight is 1440 g/mol. The molecule has 0 aromatic carbocycles. The van der Waals surface area contributed by atoms with Crippen molar-refractivity contribution < 1.29 is 117 Å². The number of carbonyl (C=O) groups excluding carboxylic acids is 3. The summed E-state index contributed by atoms with van der Waals surface area (Å²) < 4.78 is 65.0. The van der Waals surface area contributed by atoms with Crippen molar-refractivity contribution in [1.82, 2.24) is 0 Å². The number of rotatable bonds is 60. The van der Waals surface area contributed by atoms with E-state index in [1.54, 1.807) is 0 Å². The van der Waals surface area contributed by atoms with Gasteiger partial charge in [0.25, 0.3) is 0 Å². The second-order valence-electron chi connectivity index (χ2n) is 27.7. The van der Waals surface area contributed by atoms with Crippen molar-refractivity contribution in [3.8, 4) is 0 Å². The summed E-state index contributed by atoms with van der Waals surface area (Å²) in [5.41, 5.74) is 0.